The highest BCUT2D eigenvalue weighted by atomic mass is 32.2. The SMILES string of the molecule is CCSCC(=O)c1cc(C)ccc1OC(C)C. The summed E-state index contributed by atoms with van der Waals surface area (Å²) in [6, 6.07) is 5.77. The number of thioether (sulfide) groups is 1. The summed E-state index contributed by atoms with van der Waals surface area (Å²) in [5, 5.41) is 0. The normalized spacial score (nSPS) is 10.6. The Kier molecular flexibility index (Phi) is 5.56. The zero-order valence-corrected chi connectivity index (χ0v) is 11.8. The van der Waals surface area contributed by atoms with Gasteiger partial charge in [-0.3, -0.25) is 4.79 Å². The molecule has 1 rings (SSSR count). The summed E-state index contributed by atoms with van der Waals surface area (Å²) in [6.07, 6.45) is 0.0862. The molecule has 0 fully saturated rings. The van der Waals surface area contributed by atoms with Gasteiger partial charge in [-0.2, -0.15) is 11.8 Å². The molecular weight excluding hydrogens is 232 g/mol. The fourth-order valence-electron chi connectivity index (χ4n) is 1.49. The van der Waals surface area contributed by atoms with Crippen LogP contribution in [0.1, 0.15) is 36.7 Å². The van der Waals surface area contributed by atoms with Gasteiger partial charge in [0.25, 0.3) is 0 Å². The first-order chi connectivity index (χ1) is 8.04. The second kappa shape index (κ2) is 6.70. The van der Waals surface area contributed by atoms with Gasteiger partial charge in [0.1, 0.15) is 5.75 Å². The Hall–Kier alpha value is -0.960. The highest BCUT2D eigenvalue weighted by Gasteiger charge is 2.13. The van der Waals surface area contributed by atoms with E-state index < -0.39 is 0 Å². The van der Waals surface area contributed by atoms with Crippen molar-refractivity contribution in [2.24, 2.45) is 0 Å². The van der Waals surface area contributed by atoms with Gasteiger partial charge in [-0.1, -0.05) is 18.6 Å². The van der Waals surface area contributed by atoms with Crippen LogP contribution >= 0.6 is 11.8 Å². The van der Waals surface area contributed by atoms with Gasteiger partial charge in [-0.05, 0) is 38.7 Å². The smallest absolute Gasteiger partial charge is 0.176 e. The van der Waals surface area contributed by atoms with Crippen molar-refractivity contribution < 1.29 is 9.53 Å². The van der Waals surface area contributed by atoms with Crippen molar-refractivity contribution in [2.45, 2.75) is 33.8 Å². The Balaban J connectivity index is 2.93. The predicted molar refractivity (Wildman–Crippen MR) is 74.3 cm³/mol. The zero-order chi connectivity index (χ0) is 12.8. The molecule has 0 unspecified atom stereocenters. The Morgan fingerprint density at radius 3 is 2.71 bits per heavy atom. The van der Waals surface area contributed by atoms with E-state index in [9.17, 15) is 4.79 Å². The largest absolute Gasteiger partial charge is 0.490 e. The summed E-state index contributed by atoms with van der Waals surface area (Å²) >= 11 is 1.64. The number of carbonyl (C=O) groups excluding carboxylic acids is 1. The summed E-state index contributed by atoms with van der Waals surface area (Å²) in [6.45, 7) is 7.98. The first-order valence-corrected chi connectivity index (χ1v) is 7.08. The van der Waals surface area contributed by atoms with Crippen LogP contribution in [0.2, 0.25) is 0 Å². The highest BCUT2D eigenvalue weighted by Crippen LogP contribution is 2.23. The number of benzene rings is 1. The van der Waals surface area contributed by atoms with Crippen molar-refractivity contribution in [3.05, 3.63) is 29.3 Å². The second-order valence-electron chi connectivity index (χ2n) is 4.23. The molecule has 0 amide bonds. The van der Waals surface area contributed by atoms with Gasteiger partial charge in [-0.15, -0.1) is 0 Å². The van der Waals surface area contributed by atoms with E-state index >= 15 is 0 Å². The van der Waals surface area contributed by atoms with E-state index in [4.69, 9.17) is 4.74 Å². The molecule has 2 nitrogen and oxygen atoms in total. The third kappa shape index (κ3) is 4.43. The molecule has 0 saturated heterocycles. The molecule has 0 heterocycles. The lowest BCUT2D eigenvalue weighted by molar-refractivity contribution is 0.101. The van der Waals surface area contributed by atoms with Crippen LogP contribution in [0, 0.1) is 6.92 Å². The van der Waals surface area contributed by atoms with Crippen LogP contribution in [0.25, 0.3) is 0 Å². The van der Waals surface area contributed by atoms with Crippen molar-refractivity contribution in [1.82, 2.24) is 0 Å². The lowest BCUT2D eigenvalue weighted by Crippen LogP contribution is -2.11. The lowest BCUT2D eigenvalue weighted by Gasteiger charge is -2.14. The molecule has 0 spiro atoms. The predicted octanol–water partition coefficient (Wildman–Crippen LogP) is 3.72. The maximum atomic E-state index is 12.1. The Bertz CT molecular complexity index is 386. The van der Waals surface area contributed by atoms with Crippen LogP contribution in [-0.2, 0) is 0 Å². The number of aryl methyl sites for hydroxylation is 1. The quantitative estimate of drug-likeness (QED) is 0.722. The molecule has 0 atom stereocenters. The minimum absolute atomic E-state index is 0.0862. The first-order valence-electron chi connectivity index (χ1n) is 5.92. The molecule has 1 aromatic rings. The highest BCUT2D eigenvalue weighted by molar-refractivity contribution is 7.99. The molecule has 94 valence electrons. The summed E-state index contributed by atoms with van der Waals surface area (Å²) in [4.78, 5) is 12.1. The van der Waals surface area contributed by atoms with E-state index in [2.05, 4.69) is 6.92 Å². The van der Waals surface area contributed by atoms with Crippen LogP contribution in [0.4, 0.5) is 0 Å². The van der Waals surface area contributed by atoms with Crippen molar-refractivity contribution in [3.63, 3.8) is 0 Å². The zero-order valence-electron chi connectivity index (χ0n) is 10.9. The fourth-order valence-corrected chi connectivity index (χ4v) is 2.04. The average molecular weight is 252 g/mol. The van der Waals surface area contributed by atoms with E-state index in [1.807, 2.05) is 39.0 Å². The van der Waals surface area contributed by atoms with Gasteiger partial charge in [0.05, 0.1) is 17.4 Å². The third-order valence-electron chi connectivity index (χ3n) is 2.24. The monoisotopic (exact) mass is 252 g/mol. The van der Waals surface area contributed by atoms with Crippen molar-refractivity contribution >= 4 is 17.5 Å². The molecule has 3 heteroatoms. The van der Waals surface area contributed by atoms with Gasteiger partial charge < -0.3 is 4.74 Å². The number of hydrogen-bond donors (Lipinski definition) is 0. The molecular formula is C14H20O2S. The molecule has 0 aliphatic rings. The fraction of sp³-hybridized carbons (Fsp3) is 0.500. The van der Waals surface area contributed by atoms with E-state index in [1.54, 1.807) is 11.8 Å². The third-order valence-corrected chi connectivity index (χ3v) is 3.11. The maximum absolute atomic E-state index is 12.1. The summed E-state index contributed by atoms with van der Waals surface area (Å²) in [7, 11) is 0. The summed E-state index contributed by atoms with van der Waals surface area (Å²) in [5.74, 6) is 2.33. The van der Waals surface area contributed by atoms with Crippen molar-refractivity contribution in [2.75, 3.05) is 11.5 Å². The summed E-state index contributed by atoms with van der Waals surface area (Å²) in [5.41, 5.74) is 1.80. The molecule has 0 aliphatic heterocycles. The molecule has 0 saturated carbocycles. The molecule has 0 aliphatic carbocycles. The molecule has 1 aromatic carbocycles. The number of carbonyl (C=O) groups is 1. The van der Waals surface area contributed by atoms with E-state index in [0.717, 1.165) is 11.3 Å². The average Bonchev–Trinajstić information content (AvgIpc) is 2.27. The van der Waals surface area contributed by atoms with Gasteiger partial charge in [0.15, 0.2) is 5.78 Å². The van der Waals surface area contributed by atoms with Gasteiger partial charge in [-0.25, -0.2) is 0 Å². The van der Waals surface area contributed by atoms with Crippen LogP contribution in [0.15, 0.2) is 18.2 Å². The summed E-state index contributed by atoms with van der Waals surface area (Å²) < 4.78 is 5.67. The molecule has 0 radical (unpaired) electrons. The Morgan fingerprint density at radius 2 is 2.12 bits per heavy atom. The number of hydrogen-bond acceptors (Lipinski definition) is 3. The van der Waals surface area contributed by atoms with Crippen LogP contribution in [-0.4, -0.2) is 23.4 Å². The van der Waals surface area contributed by atoms with Gasteiger partial charge >= 0.3 is 0 Å². The number of ether oxygens (including phenoxy) is 1. The Labute approximate surface area is 108 Å². The van der Waals surface area contributed by atoms with Crippen LogP contribution in [0.3, 0.4) is 0 Å². The van der Waals surface area contributed by atoms with Gasteiger partial charge in [0, 0.05) is 0 Å². The minimum atomic E-state index is 0.0862. The minimum Gasteiger partial charge on any atom is -0.490 e. The maximum Gasteiger partial charge on any atom is 0.176 e. The van der Waals surface area contributed by atoms with Crippen LogP contribution < -0.4 is 4.74 Å². The second-order valence-corrected chi connectivity index (χ2v) is 5.50. The van der Waals surface area contributed by atoms with Crippen molar-refractivity contribution in [1.29, 1.82) is 0 Å². The standard InChI is InChI=1S/C14H20O2S/c1-5-17-9-13(15)12-8-11(4)6-7-14(12)16-10(2)3/h6-8,10H,5,9H2,1-4H3. The van der Waals surface area contributed by atoms with Crippen molar-refractivity contribution in [3.8, 4) is 5.75 Å². The first kappa shape index (κ1) is 14.1. The number of ketones is 1. The number of rotatable bonds is 6. The van der Waals surface area contributed by atoms with Crippen LogP contribution in [0.5, 0.6) is 5.75 Å². The number of Topliss-reactive ketones (excluding diaryl/α,β-unsaturated/α-hetero) is 1. The molecule has 0 aromatic heterocycles. The van der Waals surface area contributed by atoms with E-state index in [1.165, 1.54) is 0 Å². The van der Waals surface area contributed by atoms with Gasteiger partial charge in [0.2, 0.25) is 0 Å². The molecule has 17 heavy (non-hydrogen) atoms. The van der Waals surface area contributed by atoms with E-state index in [-0.39, 0.29) is 11.9 Å². The topological polar surface area (TPSA) is 26.3 Å². The molecule has 0 bridgehead atoms. The Morgan fingerprint density at radius 1 is 1.41 bits per heavy atom. The lowest BCUT2D eigenvalue weighted by atomic mass is 10.1. The van der Waals surface area contributed by atoms with E-state index in [0.29, 0.717) is 17.1 Å². The molecule has 0 N–H and O–H groups in total.